The van der Waals surface area contributed by atoms with Gasteiger partial charge < -0.3 is 10.0 Å². The van der Waals surface area contributed by atoms with Crippen molar-refractivity contribution in [3.05, 3.63) is 28.8 Å². The highest BCUT2D eigenvalue weighted by atomic mass is 35.5. The van der Waals surface area contributed by atoms with Crippen molar-refractivity contribution < 1.29 is 9.90 Å². The Morgan fingerprint density at radius 3 is 2.62 bits per heavy atom. The van der Waals surface area contributed by atoms with Crippen LogP contribution in [0.25, 0.3) is 0 Å². The molecular weight excluding hydrogens is 226 g/mol. The SMILES string of the molecule is O=C(O)c1cc(N2CC3(CC3)C2)ccc1Cl. The third-order valence-electron chi connectivity index (χ3n) is 3.56. The van der Waals surface area contributed by atoms with E-state index in [0.717, 1.165) is 18.8 Å². The van der Waals surface area contributed by atoms with Crippen molar-refractivity contribution >= 4 is 23.3 Å². The molecule has 2 fully saturated rings. The summed E-state index contributed by atoms with van der Waals surface area (Å²) in [5, 5.41) is 9.28. The summed E-state index contributed by atoms with van der Waals surface area (Å²) in [7, 11) is 0. The maximum absolute atomic E-state index is 10.9. The topological polar surface area (TPSA) is 40.5 Å². The molecule has 1 saturated heterocycles. The first-order valence-corrected chi connectivity index (χ1v) is 5.75. The zero-order valence-electron chi connectivity index (χ0n) is 8.74. The predicted octanol–water partition coefficient (Wildman–Crippen LogP) is 2.64. The van der Waals surface area contributed by atoms with E-state index in [0.29, 0.717) is 10.4 Å². The van der Waals surface area contributed by atoms with E-state index in [2.05, 4.69) is 4.90 Å². The Balaban J connectivity index is 1.85. The summed E-state index contributed by atoms with van der Waals surface area (Å²) in [5.41, 5.74) is 1.73. The maximum atomic E-state index is 10.9. The molecule has 1 saturated carbocycles. The number of hydrogen-bond acceptors (Lipinski definition) is 2. The smallest absolute Gasteiger partial charge is 0.337 e. The molecule has 1 spiro atoms. The molecule has 3 rings (SSSR count). The van der Waals surface area contributed by atoms with E-state index in [1.807, 2.05) is 6.07 Å². The van der Waals surface area contributed by atoms with E-state index in [4.69, 9.17) is 16.7 Å². The van der Waals surface area contributed by atoms with Gasteiger partial charge in [0.1, 0.15) is 0 Å². The molecule has 3 nitrogen and oxygen atoms in total. The molecule has 1 aromatic carbocycles. The van der Waals surface area contributed by atoms with Gasteiger partial charge >= 0.3 is 5.97 Å². The van der Waals surface area contributed by atoms with E-state index >= 15 is 0 Å². The summed E-state index contributed by atoms with van der Waals surface area (Å²) >= 11 is 5.83. The lowest BCUT2D eigenvalue weighted by Gasteiger charge is -2.42. The van der Waals surface area contributed by atoms with Crippen LogP contribution >= 0.6 is 11.6 Å². The number of anilines is 1. The van der Waals surface area contributed by atoms with Gasteiger partial charge in [-0.3, -0.25) is 0 Å². The lowest BCUT2D eigenvalue weighted by atomic mass is 9.96. The van der Waals surface area contributed by atoms with Gasteiger partial charge in [0.25, 0.3) is 0 Å². The second kappa shape index (κ2) is 3.14. The summed E-state index contributed by atoms with van der Waals surface area (Å²) in [4.78, 5) is 13.2. The van der Waals surface area contributed by atoms with Crippen LogP contribution in [0.15, 0.2) is 18.2 Å². The molecule has 0 aromatic heterocycles. The van der Waals surface area contributed by atoms with E-state index in [-0.39, 0.29) is 5.56 Å². The van der Waals surface area contributed by atoms with Gasteiger partial charge in [-0.1, -0.05) is 11.6 Å². The first-order valence-electron chi connectivity index (χ1n) is 5.38. The fourth-order valence-electron chi connectivity index (χ4n) is 2.31. The Bertz CT molecular complexity index is 460. The third kappa shape index (κ3) is 1.47. The molecule has 1 heterocycles. The second-order valence-corrected chi connectivity index (χ2v) is 5.23. The van der Waals surface area contributed by atoms with E-state index < -0.39 is 5.97 Å². The summed E-state index contributed by atoms with van der Waals surface area (Å²) in [6.07, 6.45) is 2.64. The number of aromatic carboxylic acids is 1. The fourth-order valence-corrected chi connectivity index (χ4v) is 2.51. The standard InChI is InChI=1S/C12H12ClNO2/c13-10-2-1-8(5-9(10)11(15)16)14-6-12(7-14)3-4-12/h1-2,5H,3-4,6-7H2,(H,15,16). The van der Waals surface area contributed by atoms with Crippen LogP contribution < -0.4 is 4.90 Å². The lowest BCUT2D eigenvalue weighted by Crippen LogP contribution is -2.48. The number of carbonyl (C=O) groups is 1. The van der Waals surface area contributed by atoms with Crippen LogP contribution in [0.1, 0.15) is 23.2 Å². The number of halogens is 1. The summed E-state index contributed by atoms with van der Waals surface area (Å²) in [6.45, 7) is 2.13. The minimum absolute atomic E-state index is 0.191. The predicted molar refractivity (Wildman–Crippen MR) is 62.3 cm³/mol. The average Bonchev–Trinajstić information content (AvgIpc) is 2.96. The fraction of sp³-hybridized carbons (Fsp3) is 0.417. The highest BCUT2D eigenvalue weighted by Gasteiger charge is 2.52. The van der Waals surface area contributed by atoms with Crippen molar-refractivity contribution in [1.29, 1.82) is 0 Å². The molecular formula is C12H12ClNO2. The van der Waals surface area contributed by atoms with Crippen LogP contribution in [-0.4, -0.2) is 24.2 Å². The molecule has 84 valence electrons. The zero-order valence-corrected chi connectivity index (χ0v) is 9.50. The lowest BCUT2D eigenvalue weighted by molar-refractivity contribution is 0.0697. The first-order chi connectivity index (χ1) is 7.60. The van der Waals surface area contributed by atoms with E-state index in [1.54, 1.807) is 12.1 Å². The minimum atomic E-state index is -0.964. The Morgan fingerprint density at radius 2 is 2.06 bits per heavy atom. The molecule has 0 unspecified atom stereocenters. The van der Waals surface area contributed by atoms with E-state index in [9.17, 15) is 4.79 Å². The number of carboxylic acids is 1. The first kappa shape index (κ1) is 9.97. The third-order valence-corrected chi connectivity index (χ3v) is 3.88. The van der Waals surface area contributed by atoms with E-state index in [1.165, 1.54) is 12.8 Å². The number of benzene rings is 1. The van der Waals surface area contributed by atoms with Crippen LogP contribution in [-0.2, 0) is 0 Å². The van der Waals surface area contributed by atoms with Gasteiger partial charge in [0.2, 0.25) is 0 Å². The van der Waals surface area contributed by atoms with Crippen molar-refractivity contribution in [2.75, 3.05) is 18.0 Å². The molecule has 4 heteroatoms. The molecule has 1 N–H and O–H groups in total. The van der Waals surface area contributed by atoms with Gasteiger partial charge in [0.15, 0.2) is 0 Å². The molecule has 0 radical (unpaired) electrons. The van der Waals surface area contributed by atoms with Crippen LogP contribution in [0.3, 0.4) is 0 Å². The number of hydrogen-bond donors (Lipinski definition) is 1. The Labute approximate surface area is 98.6 Å². The van der Waals surface area contributed by atoms with Crippen LogP contribution in [0.5, 0.6) is 0 Å². The molecule has 0 bridgehead atoms. The second-order valence-electron chi connectivity index (χ2n) is 4.83. The van der Waals surface area contributed by atoms with Crippen molar-refractivity contribution in [2.24, 2.45) is 5.41 Å². The van der Waals surface area contributed by atoms with Crippen molar-refractivity contribution in [3.63, 3.8) is 0 Å². The Morgan fingerprint density at radius 1 is 1.38 bits per heavy atom. The van der Waals surface area contributed by atoms with Gasteiger partial charge in [-0.25, -0.2) is 4.79 Å². The van der Waals surface area contributed by atoms with Gasteiger partial charge in [0.05, 0.1) is 10.6 Å². The molecule has 0 amide bonds. The Hall–Kier alpha value is -1.22. The largest absolute Gasteiger partial charge is 0.478 e. The molecule has 16 heavy (non-hydrogen) atoms. The number of nitrogens with zero attached hydrogens (tertiary/aromatic N) is 1. The molecule has 1 aliphatic heterocycles. The van der Waals surface area contributed by atoms with Crippen molar-refractivity contribution in [2.45, 2.75) is 12.8 Å². The van der Waals surface area contributed by atoms with Crippen LogP contribution in [0, 0.1) is 5.41 Å². The highest BCUT2D eigenvalue weighted by Crippen LogP contribution is 2.53. The normalized spacial score (nSPS) is 20.7. The van der Waals surface area contributed by atoms with Gasteiger partial charge in [-0.05, 0) is 31.0 Å². The Kier molecular flexibility index (Phi) is 1.96. The summed E-state index contributed by atoms with van der Waals surface area (Å²) in [6, 6.07) is 5.22. The zero-order chi connectivity index (χ0) is 11.3. The van der Waals surface area contributed by atoms with Crippen molar-refractivity contribution in [1.82, 2.24) is 0 Å². The number of carboxylic acid groups (broad SMARTS) is 1. The van der Waals surface area contributed by atoms with Gasteiger partial charge in [-0.2, -0.15) is 0 Å². The molecule has 0 atom stereocenters. The van der Waals surface area contributed by atoms with Gasteiger partial charge in [-0.15, -0.1) is 0 Å². The summed E-state index contributed by atoms with van der Waals surface area (Å²) in [5.74, 6) is -0.964. The quantitative estimate of drug-likeness (QED) is 0.860. The molecule has 1 aromatic rings. The average molecular weight is 238 g/mol. The minimum Gasteiger partial charge on any atom is -0.478 e. The summed E-state index contributed by atoms with van der Waals surface area (Å²) < 4.78 is 0. The molecule has 2 aliphatic rings. The molecule has 1 aliphatic carbocycles. The highest BCUT2D eigenvalue weighted by molar-refractivity contribution is 6.33. The van der Waals surface area contributed by atoms with Crippen molar-refractivity contribution in [3.8, 4) is 0 Å². The van der Waals surface area contributed by atoms with Crippen LogP contribution in [0.4, 0.5) is 5.69 Å². The van der Waals surface area contributed by atoms with Crippen LogP contribution in [0.2, 0.25) is 5.02 Å². The monoisotopic (exact) mass is 237 g/mol. The maximum Gasteiger partial charge on any atom is 0.337 e. The number of rotatable bonds is 2. The van der Waals surface area contributed by atoms with Gasteiger partial charge in [0, 0.05) is 24.2 Å².